The van der Waals surface area contributed by atoms with Crippen LogP contribution in [0.1, 0.15) is 41.4 Å². The fourth-order valence-corrected chi connectivity index (χ4v) is 6.80. The van der Waals surface area contributed by atoms with Gasteiger partial charge in [-0.05, 0) is 35.4 Å². The van der Waals surface area contributed by atoms with Crippen LogP contribution in [-0.2, 0) is 0 Å². The smallest absolute Gasteiger partial charge is 0.267 e. The molecule has 2 heterocycles. The Balaban J connectivity index is 1.28. The van der Waals surface area contributed by atoms with Crippen molar-refractivity contribution in [1.29, 1.82) is 0 Å². The van der Waals surface area contributed by atoms with Crippen molar-refractivity contribution in [3.05, 3.63) is 111 Å². The van der Waals surface area contributed by atoms with Gasteiger partial charge in [0.25, 0.3) is 23.6 Å². The van der Waals surface area contributed by atoms with Gasteiger partial charge in [-0.15, -0.1) is 0 Å². The third kappa shape index (κ3) is 4.16. The maximum atomic E-state index is 13.1. The van der Waals surface area contributed by atoms with Crippen LogP contribution in [-0.4, -0.2) is 23.6 Å². The number of halogens is 8. The molecule has 4 aromatic carbocycles. The van der Waals surface area contributed by atoms with Gasteiger partial charge in [0, 0.05) is 0 Å². The van der Waals surface area contributed by atoms with Gasteiger partial charge in [0.2, 0.25) is 0 Å². The van der Waals surface area contributed by atoms with E-state index < -0.39 is 23.6 Å². The van der Waals surface area contributed by atoms with Gasteiger partial charge in [0.05, 0.1) is 73.8 Å². The Hall–Kier alpha value is -2.52. The lowest BCUT2D eigenvalue weighted by molar-refractivity contribution is 0.0910. The van der Waals surface area contributed by atoms with Gasteiger partial charge in [0.15, 0.2) is 0 Å². The number of benzene rings is 4. The summed E-state index contributed by atoms with van der Waals surface area (Å²) in [6.45, 7) is 0. The zero-order valence-electron chi connectivity index (χ0n) is 20.2. The maximum absolute atomic E-state index is 13.1. The first-order chi connectivity index (χ1) is 19.9. The van der Waals surface area contributed by atoms with Crippen molar-refractivity contribution in [1.82, 2.24) is 0 Å². The van der Waals surface area contributed by atoms with Gasteiger partial charge in [0.1, 0.15) is 0 Å². The van der Waals surface area contributed by atoms with E-state index in [0.717, 1.165) is 9.80 Å². The fraction of sp³-hybridized carbons (Fsp3) is 0. The highest BCUT2D eigenvalue weighted by Crippen LogP contribution is 2.47. The molecule has 0 atom stereocenters. The number of hydrogen-bond acceptors (Lipinski definition) is 4. The predicted octanol–water partition coefficient (Wildman–Crippen LogP) is 10.2. The van der Waals surface area contributed by atoms with Crippen molar-refractivity contribution < 1.29 is 19.2 Å². The number of nitrogens with zero attached hydrogens (tertiary/aromatic N) is 2. The summed E-state index contributed by atoms with van der Waals surface area (Å²) in [6.07, 6.45) is 0. The summed E-state index contributed by atoms with van der Waals surface area (Å²) in [4.78, 5) is 54.4. The molecule has 14 heteroatoms. The average molecular weight is 720 g/mol. The van der Waals surface area contributed by atoms with Crippen LogP contribution in [0.5, 0.6) is 0 Å². The minimum Gasteiger partial charge on any atom is -0.268 e. The highest BCUT2D eigenvalue weighted by Gasteiger charge is 2.43. The van der Waals surface area contributed by atoms with Gasteiger partial charge < -0.3 is 0 Å². The zero-order valence-corrected chi connectivity index (χ0v) is 26.2. The second-order valence-corrected chi connectivity index (χ2v) is 12.0. The van der Waals surface area contributed by atoms with Crippen LogP contribution in [0.2, 0.25) is 40.2 Å². The molecular formula is C28H8Cl8N2O4. The number of rotatable bonds is 3. The van der Waals surface area contributed by atoms with Crippen LogP contribution in [0.3, 0.4) is 0 Å². The molecule has 6 rings (SSSR count). The molecule has 0 aromatic heterocycles. The number of fused-ring (bicyclic) bond motifs is 2. The summed E-state index contributed by atoms with van der Waals surface area (Å²) in [6, 6.07) is 13.0. The second kappa shape index (κ2) is 10.6. The number of carbonyl (C=O) groups is 4. The molecule has 0 saturated heterocycles. The molecule has 2 aliphatic rings. The summed E-state index contributed by atoms with van der Waals surface area (Å²) in [5.41, 5.74) is 1.44. The summed E-state index contributed by atoms with van der Waals surface area (Å²) in [7, 11) is 0. The van der Waals surface area contributed by atoms with E-state index in [4.69, 9.17) is 92.8 Å². The zero-order chi connectivity index (χ0) is 30.4. The molecule has 4 amide bonds. The van der Waals surface area contributed by atoms with E-state index in [1.807, 2.05) is 0 Å². The van der Waals surface area contributed by atoms with Crippen molar-refractivity contribution in [2.75, 3.05) is 9.80 Å². The average Bonchev–Trinajstić information content (AvgIpc) is 3.40. The minimum atomic E-state index is -0.693. The van der Waals surface area contributed by atoms with E-state index in [9.17, 15) is 19.2 Å². The first kappa shape index (κ1) is 29.5. The summed E-state index contributed by atoms with van der Waals surface area (Å²) < 4.78 is 0. The van der Waals surface area contributed by atoms with Gasteiger partial charge in [-0.3, -0.25) is 19.2 Å². The molecule has 0 aliphatic carbocycles. The van der Waals surface area contributed by atoms with E-state index >= 15 is 0 Å². The molecule has 210 valence electrons. The van der Waals surface area contributed by atoms with E-state index in [-0.39, 0.29) is 73.8 Å². The number of carbonyl (C=O) groups excluding carboxylic acids is 4. The van der Waals surface area contributed by atoms with Crippen molar-refractivity contribution in [2.45, 2.75) is 0 Å². The Morgan fingerprint density at radius 3 is 0.762 bits per heavy atom. The quantitative estimate of drug-likeness (QED) is 0.120. The molecule has 0 spiro atoms. The molecule has 4 aromatic rings. The van der Waals surface area contributed by atoms with Crippen LogP contribution in [0.15, 0.2) is 48.5 Å². The lowest BCUT2D eigenvalue weighted by Crippen LogP contribution is -2.29. The third-order valence-corrected chi connectivity index (χ3v) is 10.4. The van der Waals surface area contributed by atoms with Crippen molar-refractivity contribution in [3.63, 3.8) is 0 Å². The fourth-order valence-electron chi connectivity index (χ4n) is 4.77. The summed E-state index contributed by atoms with van der Waals surface area (Å²) in [5, 5.41) is -1.12. The Morgan fingerprint density at radius 2 is 0.548 bits per heavy atom. The van der Waals surface area contributed by atoms with Gasteiger partial charge in [-0.25, -0.2) is 9.80 Å². The lowest BCUT2D eigenvalue weighted by atomic mass is 10.0. The molecule has 2 aliphatic heterocycles. The summed E-state index contributed by atoms with van der Waals surface area (Å²) in [5.74, 6) is -2.77. The molecule has 0 saturated carbocycles. The number of amides is 4. The largest absolute Gasteiger partial charge is 0.268 e. The van der Waals surface area contributed by atoms with E-state index in [0.29, 0.717) is 11.1 Å². The van der Waals surface area contributed by atoms with E-state index in [1.165, 1.54) is 0 Å². The van der Waals surface area contributed by atoms with Crippen molar-refractivity contribution in [3.8, 4) is 11.1 Å². The number of imide groups is 2. The Bertz CT molecular complexity index is 1710. The van der Waals surface area contributed by atoms with Crippen molar-refractivity contribution >= 4 is 128 Å². The van der Waals surface area contributed by atoms with Crippen molar-refractivity contribution in [2.24, 2.45) is 0 Å². The monoisotopic (exact) mass is 716 g/mol. The standard InChI is InChI=1S/C28H8Cl8N2O4/c29-17-13-14(18(30)22(34)21(17)33)26(40)37(25(13)39)11-5-1-9(2-6-11)10-3-7-12(8-4-10)38-27(41)15-16(28(38)42)20(32)24(36)23(35)19(15)31/h1-8H. The number of hydrogen-bond donors (Lipinski definition) is 0. The Labute approximate surface area is 277 Å². The van der Waals surface area contributed by atoms with Gasteiger partial charge in [-0.1, -0.05) is 117 Å². The van der Waals surface area contributed by atoms with Crippen LogP contribution in [0.4, 0.5) is 11.4 Å². The molecule has 0 unspecified atom stereocenters. The minimum absolute atomic E-state index is 0.121. The van der Waals surface area contributed by atoms with Crippen LogP contribution in [0.25, 0.3) is 11.1 Å². The number of anilines is 2. The first-order valence-corrected chi connectivity index (χ1v) is 14.6. The summed E-state index contributed by atoms with van der Waals surface area (Å²) >= 11 is 49.2. The molecule has 0 fully saturated rings. The second-order valence-electron chi connectivity index (χ2n) is 9.00. The van der Waals surface area contributed by atoms with Crippen LogP contribution < -0.4 is 9.80 Å². The molecule has 6 nitrogen and oxygen atoms in total. The van der Waals surface area contributed by atoms with Gasteiger partial charge in [-0.2, -0.15) is 0 Å². The molecule has 0 N–H and O–H groups in total. The van der Waals surface area contributed by atoms with E-state index in [2.05, 4.69) is 0 Å². The molecule has 0 bridgehead atoms. The predicted molar refractivity (Wildman–Crippen MR) is 167 cm³/mol. The normalized spacial score (nSPS) is 14.3. The van der Waals surface area contributed by atoms with E-state index in [1.54, 1.807) is 48.5 Å². The molecule has 42 heavy (non-hydrogen) atoms. The topological polar surface area (TPSA) is 74.8 Å². The third-order valence-electron chi connectivity index (χ3n) is 6.79. The van der Waals surface area contributed by atoms with Crippen LogP contribution >= 0.6 is 92.8 Å². The maximum Gasteiger partial charge on any atom is 0.267 e. The highest BCUT2D eigenvalue weighted by molar-refractivity contribution is 6.57. The molecular weight excluding hydrogens is 712 g/mol. The Kier molecular flexibility index (Phi) is 7.44. The first-order valence-electron chi connectivity index (χ1n) is 11.6. The molecule has 0 radical (unpaired) electrons. The van der Waals surface area contributed by atoms with Gasteiger partial charge >= 0.3 is 0 Å². The Morgan fingerprint density at radius 1 is 0.333 bits per heavy atom. The van der Waals surface area contributed by atoms with Crippen LogP contribution in [0, 0.1) is 0 Å². The SMILES string of the molecule is O=C1c2c(Cl)c(Cl)c(Cl)c(Cl)c2C(=O)N1c1ccc(-c2ccc(N3C(=O)c4c(Cl)c(Cl)c(Cl)c(Cl)c4C3=O)cc2)cc1. The highest BCUT2D eigenvalue weighted by atomic mass is 35.5. The lowest BCUT2D eigenvalue weighted by Gasteiger charge is -2.16.